The number of carbonyl (C=O) groups is 3. The molecule has 144 valence electrons. The number of phenols is 1. The lowest BCUT2D eigenvalue weighted by molar-refractivity contribution is -0.148. The number of rotatable bonds is 3. The van der Waals surface area contributed by atoms with E-state index in [9.17, 15) is 24.6 Å². The standard InChI is InChI=1S/C20H24N2O5/c23-15-3-1-2-14(10-15)17(24)21-8-6-20(7-9-21)11-16(19(26)27)22(12-20)18(25)13-4-5-13/h1-3,10,13,16,23H,4-9,11-12H2,(H,26,27). The number of carboxylic acid groups (broad SMARTS) is 1. The van der Waals surface area contributed by atoms with Gasteiger partial charge in [-0.15, -0.1) is 0 Å². The maximum Gasteiger partial charge on any atom is 0.326 e. The summed E-state index contributed by atoms with van der Waals surface area (Å²) in [4.78, 5) is 40.2. The number of carboxylic acids is 1. The molecule has 7 heteroatoms. The first kappa shape index (κ1) is 17.8. The number of aliphatic carboxylic acids is 1. The Hall–Kier alpha value is -2.57. The van der Waals surface area contributed by atoms with Crippen LogP contribution in [0.4, 0.5) is 0 Å². The number of likely N-dealkylation sites (tertiary alicyclic amines) is 2. The summed E-state index contributed by atoms with van der Waals surface area (Å²) in [5, 5.41) is 19.2. The topological polar surface area (TPSA) is 98.2 Å². The molecule has 7 nitrogen and oxygen atoms in total. The summed E-state index contributed by atoms with van der Waals surface area (Å²) < 4.78 is 0. The van der Waals surface area contributed by atoms with Crippen molar-refractivity contribution in [3.63, 3.8) is 0 Å². The normalized spacial score (nSPS) is 24.2. The molecule has 2 saturated heterocycles. The largest absolute Gasteiger partial charge is 0.508 e. The Bertz CT molecular complexity index is 780. The van der Waals surface area contributed by atoms with Crippen molar-refractivity contribution in [1.82, 2.24) is 9.80 Å². The molecule has 1 aromatic carbocycles. The SMILES string of the molecule is O=C(O)C1CC2(CCN(C(=O)c3cccc(O)c3)CC2)CN1C(=O)C1CC1. The van der Waals surface area contributed by atoms with Crippen molar-refractivity contribution in [2.45, 2.75) is 38.1 Å². The maximum atomic E-state index is 12.7. The van der Waals surface area contributed by atoms with E-state index in [0.717, 1.165) is 12.8 Å². The van der Waals surface area contributed by atoms with Crippen LogP contribution >= 0.6 is 0 Å². The van der Waals surface area contributed by atoms with Crippen molar-refractivity contribution < 1.29 is 24.6 Å². The number of phenolic OH excluding ortho intramolecular Hbond substituents is 1. The van der Waals surface area contributed by atoms with E-state index < -0.39 is 12.0 Å². The fourth-order valence-corrected chi connectivity index (χ4v) is 4.44. The third-order valence-electron chi connectivity index (χ3n) is 6.21. The number of amides is 2. The molecule has 2 aliphatic heterocycles. The first-order valence-corrected chi connectivity index (χ1v) is 9.50. The molecule has 1 aliphatic carbocycles. The van der Waals surface area contributed by atoms with Gasteiger partial charge in [-0.2, -0.15) is 0 Å². The predicted octanol–water partition coefficient (Wildman–Crippen LogP) is 1.71. The number of nitrogens with zero attached hydrogens (tertiary/aromatic N) is 2. The number of hydrogen-bond donors (Lipinski definition) is 2. The number of benzene rings is 1. The average Bonchev–Trinajstić information content (AvgIpc) is 3.43. The maximum absolute atomic E-state index is 12.7. The predicted molar refractivity (Wildman–Crippen MR) is 96.2 cm³/mol. The fraction of sp³-hybridized carbons (Fsp3) is 0.550. The minimum atomic E-state index is -0.931. The van der Waals surface area contributed by atoms with Crippen molar-refractivity contribution in [3.05, 3.63) is 29.8 Å². The van der Waals surface area contributed by atoms with E-state index in [1.54, 1.807) is 21.9 Å². The summed E-state index contributed by atoms with van der Waals surface area (Å²) in [6.07, 6.45) is 3.57. The Morgan fingerprint density at radius 3 is 2.41 bits per heavy atom. The summed E-state index contributed by atoms with van der Waals surface area (Å²) in [6, 6.07) is 5.56. The van der Waals surface area contributed by atoms with Crippen LogP contribution in [0.15, 0.2) is 24.3 Å². The van der Waals surface area contributed by atoms with Gasteiger partial charge in [0.2, 0.25) is 5.91 Å². The third-order valence-corrected chi connectivity index (χ3v) is 6.21. The molecule has 3 aliphatic rings. The third kappa shape index (κ3) is 3.38. The zero-order valence-corrected chi connectivity index (χ0v) is 15.1. The van der Waals surface area contributed by atoms with Crippen LogP contribution in [0.2, 0.25) is 0 Å². The summed E-state index contributed by atoms with van der Waals surface area (Å²) in [7, 11) is 0. The van der Waals surface area contributed by atoms with Gasteiger partial charge in [0.15, 0.2) is 0 Å². The summed E-state index contributed by atoms with van der Waals surface area (Å²) in [6.45, 7) is 1.55. The second-order valence-electron chi connectivity index (χ2n) is 8.14. The Balaban J connectivity index is 1.44. The molecule has 1 atom stereocenters. The van der Waals surface area contributed by atoms with Gasteiger partial charge in [0, 0.05) is 31.1 Å². The van der Waals surface area contributed by atoms with Crippen LogP contribution in [0.3, 0.4) is 0 Å². The molecule has 27 heavy (non-hydrogen) atoms. The van der Waals surface area contributed by atoms with Crippen molar-refractivity contribution in [2.75, 3.05) is 19.6 Å². The molecule has 1 saturated carbocycles. The molecule has 1 aromatic rings. The van der Waals surface area contributed by atoms with E-state index in [2.05, 4.69) is 0 Å². The lowest BCUT2D eigenvalue weighted by atomic mass is 9.76. The van der Waals surface area contributed by atoms with E-state index in [-0.39, 0.29) is 28.9 Å². The molecule has 0 radical (unpaired) electrons. The minimum absolute atomic E-state index is 0.00873. The van der Waals surface area contributed by atoms with E-state index in [1.165, 1.54) is 12.1 Å². The quantitative estimate of drug-likeness (QED) is 0.842. The Morgan fingerprint density at radius 1 is 1.11 bits per heavy atom. The van der Waals surface area contributed by atoms with Gasteiger partial charge in [-0.25, -0.2) is 4.79 Å². The van der Waals surface area contributed by atoms with Crippen LogP contribution < -0.4 is 0 Å². The zero-order chi connectivity index (χ0) is 19.2. The molecule has 2 heterocycles. The highest BCUT2D eigenvalue weighted by Gasteiger charge is 2.52. The van der Waals surface area contributed by atoms with E-state index in [0.29, 0.717) is 44.5 Å². The van der Waals surface area contributed by atoms with Crippen LogP contribution in [-0.4, -0.2) is 63.5 Å². The highest BCUT2D eigenvalue weighted by atomic mass is 16.4. The zero-order valence-electron chi connectivity index (χ0n) is 15.1. The highest BCUT2D eigenvalue weighted by Crippen LogP contribution is 2.45. The van der Waals surface area contributed by atoms with E-state index in [1.807, 2.05) is 0 Å². The highest BCUT2D eigenvalue weighted by molar-refractivity contribution is 5.94. The summed E-state index contributed by atoms with van der Waals surface area (Å²) in [5.41, 5.74) is 0.231. The fourth-order valence-electron chi connectivity index (χ4n) is 4.44. The number of carbonyl (C=O) groups excluding carboxylic acids is 2. The Kier molecular flexibility index (Phi) is 4.32. The molecule has 2 amide bonds. The van der Waals surface area contributed by atoms with Crippen molar-refractivity contribution >= 4 is 17.8 Å². The molecule has 0 aromatic heterocycles. The van der Waals surface area contributed by atoms with E-state index >= 15 is 0 Å². The van der Waals surface area contributed by atoms with Crippen LogP contribution in [0.25, 0.3) is 0 Å². The molecule has 4 rings (SSSR count). The van der Waals surface area contributed by atoms with Crippen LogP contribution in [0, 0.1) is 11.3 Å². The molecular weight excluding hydrogens is 348 g/mol. The summed E-state index contributed by atoms with van der Waals surface area (Å²) >= 11 is 0. The van der Waals surface area contributed by atoms with Crippen LogP contribution in [0.1, 0.15) is 42.5 Å². The molecule has 3 fully saturated rings. The number of piperidine rings is 1. The molecule has 0 bridgehead atoms. The smallest absolute Gasteiger partial charge is 0.326 e. The van der Waals surface area contributed by atoms with Gasteiger partial charge < -0.3 is 20.0 Å². The molecular formula is C20H24N2O5. The van der Waals surface area contributed by atoms with E-state index in [4.69, 9.17) is 0 Å². The Labute approximate surface area is 157 Å². The van der Waals surface area contributed by atoms with Gasteiger partial charge in [0.1, 0.15) is 11.8 Å². The first-order valence-electron chi connectivity index (χ1n) is 9.50. The molecule has 2 N–H and O–H groups in total. The van der Waals surface area contributed by atoms with Crippen LogP contribution in [-0.2, 0) is 9.59 Å². The first-order chi connectivity index (χ1) is 12.9. The number of aromatic hydroxyl groups is 1. The molecule has 1 unspecified atom stereocenters. The molecule has 1 spiro atoms. The van der Waals surface area contributed by atoms with Gasteiger partial charge >= 0.3 is 5.97 Å². The van der Waals surface area contributed by atoms with Gasteiger partial charge in [-0.05, 0) is 55.7 Å². The van der Waals surface area contributed by atoms with Crippen molar-refractivity contribution in [3.8, 4) is 5.75 Å². The lowest BCUT2D eigenvalue weighted by Crippen LogP contribution is -2.45. The summed E-state index contributed by atoms with van der Waals surface area (Å²) in [5.74, 6) is -1.01. The van der Waals surface area contributed by atoms with Crippen LogP contribution in [0.5, 0.6) is 5.75 Å². The average molecular weight is 372 g/mol. The monoisotopic (exact) mass is 372 g/mol. The minimum Gasteiger partial charge on any atom is -0.508 e. The second kappa shape index (κ2) is 6.55. The number of hydrogen-bond acceptors (Lipinski definition) is 4. The second-order valence-corrected chi connectivity index (χ2v) is 8.14. The van der Waals surface area contributed by atoms with Crippen molar-refractivity contribution in [2.24, 2.45) is 11.3 Å². The van der Waals surface area contributed by atoms with Gasteiger partial charge in [-0.1, -0.05) is 6.07 Å². The lowest BCUT2D eigenvalue weighted by Gasteiger charge is -2.39. The Morgan fingerprint density at radius 2 is 1.81 bits per heavy atom. The van der Waals surface area contributed by atoms with Gasteiger partial charge in [0.05, 0.1) is 0 Å². The van der Waals surface area contributed by atoms with Gasteiger partial charge in [0.25, 0.3) is 5.91 Å². The van der Waals surface area contributed by atoms with Crippen molar-refractivity contribution in [1.29, 1.82) is 0 Å². The van der Waals surface area contributed by atoms with Gasteiger partial charge in [-0.3, -0.25) is 9.59 Å².